The minimum Gasteiger partial charge on any atom is -0.367 e. The van der Waals surface area contributed by atoms with Gasteiger partial charge in [-0.15, -0.1) is 11.3 Å². The molecule has 1 aliphatic rings. The van der Waals surface area contributed by atoms with Gasteiger partial charge in [-0.1, -0.05) is 11.6 Å². The molecule has 0 spiro atoms. The Kier molecular flexibility index (Phi) is 5.64. The third kappa shape index (κ3) is 4.01. The number of thiazole rings is 1. The molecule has 0 saturated carbocycles. The molecule has 7 nitrogen and oxygen atoms in total. The van der Waals surface area contributed by atoms with Gasteiger partial charge in [0.25, 0.3) is 5.56 Å². The molecule has 0 unspecified atom stereocenters. The molecule has 1 atom stereocenters. The third-order valence-electron chi connectivity index (χ3n) is 5.76. The van der Waals surface area contributed by atoms with Crippen LogP contribution in [0.2, 0.25) is 5.02 Å². The zero-order valence-electron chi connectivity index (χ0n) is 18.3. The predicted octanol–water partition coefficient (Wildman–Crippen LogP) is 4.44. The van der Waals surface area contributed by atoms with E-state index in [2.05, 4.69) is 14.9 Å². The van der Waals surface area contributed by atoms with Crippen LogP contribution in [0.5, 0.6) is 0 Å². The maximum atomic E-state index is 14.9. The van der Waals surface area contributed by atoms with Crippen LogP contribution in [-0.4, -0.2) is 39.2 Å². The van der Waals surface area contributed by atoms with E-state index in [9.17, 15) is 9.18 Å². The minimum absolute atomic E-state index is 0.191. The number of halogens is 2. The van der Waals surface area contributed by atoms with E-state index in [-0.39, 0.29) is 33.3 Å². The molecular formula is C23H21ClFN5O2S. The van der Waals surface area contributed by atoms with Gasteiger partial charge in [0.15, 0.2) is 0 Å². The lowest BCUT2D eigenvalue weighted by atomic mass is 10.1. The molecule has 5 rings (SSSR count). The fourth-order valence-corrected chi connectivity index (χ4v) is 4.94. The van der Waals surface area contributed by atoms with Crippen LogP contribution >= 0.6 is 22.9 Å². The minimum atomic E-state index is -0.547. The molecule has 1 fully saturated rings. The Morgan fingerprint density at radius 1 is 1.21 bits per heavy atom. The summed E-state index contributed by atoms with van der Waals surface area (Å²) in [6, 6.07) is 6.14. The molecule has 0 aliphatic carbocycles. The van der Waals surface area contributed by atoms with Crippen molar-refractivity contribution in [3.63, 3.8) is 0 Å². The van der Waals surface area contributed by atoms with Crippen molar-refractivity contribution in [3.8, 4) is 11.3 Å². The van der Waals surface area contributed by atoms with Crippen molar-refractivity contribution in [3.05, 3.63) is 67.4 Å². The van der Waals surface area contributed by atoms with Crippen LogP contribution in [-0.2, 0) is 11.8 Å². The van der Waals surface area contributed by atoms with Crippen molar-refractivity contribution in [1.29, 1.82) is 0 Å². The van der Waals surface area contributed by atoms with Crippen LogP contribution in [0.15, 0.2) is 34.4 Å². The lowest BCUT2D eigenvalue weighted by molar-refractivity contribution is 0.0393. The number of ether oxygens (including phenoxy) is 1. The molecule has 4 aromatic rings. The zero-order valence-corrected chi connectivity index (χ0v) is 19.9. The van der Waals surface area contributed by atoms with Gasteiger partial charge in [-0.25, -0.2) is 19.3 Å². The molecular weight excluding hydrogens is 465 g/mol. The Morgan fingerprint density at radius 3 is 2.76 bits per heavy atom. The highest BCUT2D eigenvalue weighted by Gasteiger charge is 2.27. The van der Waals surface area contributed by atoms with E-state index in [1.807, 2.05) is 12.3 Å². The van der Waals surface area contributed by atoms with Crippen molar-refractivity contribution in [2.24, 2.45) is 7.05 Å². The largest absolute Gasteiger partial charge is 0.367 e. The molecule has 3 aromatic heterocycles. The van der Waals surface area contributed by atoms with Gasteiger partial charge >= 0.3 is 0 Å². The standard InChI is InChI=1S/C23H21ClFN5O2S/c1-12-11-33-22(26-12)18-10-30(6-7-32-18)19-9-17-20(23(31)29(3)13(2)27-17)21(28-19)15-5-4-14(24)8-16(15)25/h4-5,8-9,11,18H,6-7,10H2,1-3H3/t18-/m0/s1. The number of aryl methyl sites for hydroxylation is 2. The number of morpholine rings is 1. The molecule has 0 radical (unpaired) electrons. The molecule has 0 bridgehead atoms. The van der Waals surface area contributed by atoms with Crippen molar-refractivity contribution in [2.75, 3.05) is 24.6 Å². The zero-order chi connectivity index (χ0) is 23.3. The van der Waals surface area contributed by atoms with Crippen LogP contribution in [0.1, 0.15) is 22.6 Å². The molecule has 10 heteroatoms. The molecule has 1 aromatic carbocycles. The number of rotatable bonds is 3. The number of fused-ring (bicyclic) bond motifs is 1. The molecule has 170 valence electrons. The van der Waals surface area contributed by atoms with Crippen molar-refractivity contribution < 1.29 is 9.13 Å². The second-order valence-corrected chi connectivity index (χ2v) is 9.33. The quantitative estimate of drug-likeness (QED) is 0.427. The van der Waals surface area contributed by atoms with E-state index < -0.39 is 5.82 Å². The van der Waals surface area contributed by atoms with Gasteiger partial charge in [0.1, 0.15) is 28.6 Å². The number of pyridine rings is 1. The fraction of sp³-hybridized carbons (Fsp3) is 0.304. The van der Waals surface area contributed by atoms with Gasteiger partial charge < -0.3 is 9.64 Å². The number of benzene rings is 1. The topological polar surface area (TPSA) is 73.1 Å². The van der Waals surface area contributed by atoms with Crippen LogP contribution in [0.4, 0.5) is 10.2 Å². The molecule has 33 heavy (non-hydrogen) atoms. The van der Waals surface area contributed by atoms with Crippen molar-refractivity contribution in [1.82, 2.24) is 19.5 Å². The van der Waals surface area contributed by atoms with E-state index in [1.54, 1.807) is 43.5 Å². The SMILES string of the molecule is Cc1csc([C@@H]2CN(c3cc4nc(C)n(C)c(=O)c4c(-c4ccc(Cl)cc4F)n3)CCO2)n1. The van der Waals surface area contributed by atoms with E-state index in [1.165, 1.54) is 10.6 Å². The molecule has 1 aliphatic heterocycles. The lowest BCUT2D eigenvalue weighted by Crippen LogP contribution is -2.39. The Morgan fingerprint density at radius 2 is 2.03 bits per heavy atom. The van der Waals surface area contributed by atoms with Gasteiger partial charge in [0, 0.05) is 41.3 Å². The van der Waals surface area contributed by atoms with Gasteiger partial charge in [0.05, 0.1) is 29.7 Å². The summed E-state index contributed by atoms with van der Waals surface area (Å²) in [5.41, 5.74) is 1.60. The first-order chi connectivity index (χ1) is 15.8. The van der Waals surface area contributed by atoms with Crippen LogP contribution in [0, 0.1) is 19.7 Å². The summed E-state index contributed by atoms with van der Waals surface area (Å²) in [6.45, 7) is 5.35. The summed E-state index contributed by atoms with van der Waals surface area (Å²) in [5.74, 6) is 0.619. The molecule has 1 saturated heterocycles. The Labute approximate surface area is 198 Å². The fourth-order valence-electron chi connectivity index (χ4n) is 3.95. The summed E-state index contributed by atoms with van der Waals surface area (Å²) in [5, 5.41) is 3.45. The first-order valence-electron chi connectivity index (χ1n) is 10.4. The highest BCUT2D eigenvalue weighted by atomic mass is 35.5. The number of aromatic nitrogens is 4. The van der Waals surface area contributed by atoms with E-state index >= 15 is 0 Å². The Hall–Kier alpha value is -2.88. The summed E-state index contributed by atoms with van der Waals surface area (Å²) in [4.78, 5) is 29.1. The molecule has 0 N–H and O–H groups in total. The third-order valence-corrected chi connectivity index (χ3v) is 7.05. The first kappa shape index (κ1) is 21.9. The number of nitrogens with zero attached hydrogens (tertiary/aromatic N) is 5. The van der Waals surface area contributed by atoms with E-state index in [0.717, 1.165) is 10.7 Å². The number of hydrogen-bond donors (Lipinski definition) is 0. The van der Waals surface area contributed by atoms with E-state index in [4.69, 9.17) is 21.3 Å². The predicted molar refractivity (Wildman–Crippen MR) is 128 cm³/mol. The lowest BCUT2D eigenvalue weighted by Gasteiger charge is -2.33. The average Bonchev–Trinajstić information content (AvgIpc) is 3.23. The van der Waals surface area contributed by atoms with Crippen LogP contribution < -0.4 is 10.5 Å². The summed E-state index contributed by atoms with van der Waals surface area (Å²) in [6.07, 6.45) is -0.191. The monoisotopic (exact) mass is 485 g/mol. The average molecular weight is 486 g/mol. The van der Waals surface area contributed by atoms with Gasteiger partial charge in [-0.3, -0.25) is 9.36 Å². The van der Waals surface area contributed by atoms with Gasteiger partial charge in [-0.05, 0) is 32.0 Å². The smallest absolute Gasteiger partial charge is 0.263 e. The first-order valence-corrected chi connectivity index (χ1v) is 11.7. The van der Waals surface area contributed by atoms with Gasteiger partial charge in [-0.2, -0.15) is 0 Å². The molecule has 0 amide bonds. The van der Waals surface area contributed by atoms with Crippen LogP contribution in [0.3, 0.4) is 0 Å². The van der Waals surface area contributed by atoms with E-state index in [0.29, 0.717) is 36.9 Å². The summed E-state index contributed by atoms with van der Waals surface area (Å²) >= 11 is 7.53. The van der Waals surface area contributed by atoms with Gasteiger partial charge in [0.2, 0.25) is 0 Å². The summed E-state index contributed by atoms with van der Waals surface area (Å²) < 4.78 is 22.3. The van der Waals surface area contributed by atoms with Crippen molar-refractivity contribution >= 4 is 39.7 Å². The highest BCUT2D eigenvalue weighted by molar-refractivity contribution is 7.09. The normalized spacial score (nSPS) is 16.5. The number of anilines is 1. The second kappa shape index (κ2) is 8.48. The summed E-state index contributed by atoms with van der Waals surface area (Å²) in [7, 11) is 1.64. The Bertz CT molecular complexity index is 1440. The van der Waals surface area contributed by atoms with Crippen LogP contribution in [0.25, 0.3) is 22.2 Å². The number of hydrogen-bond acceptors (Lipinski definition) is 7. The second-order valence-electron chi connectivity index (χ2n) is 8.00. The van der Waals surface area contributed by atoms with Crippen molar-refractivity contribution in [2.45, 2.75) is 20.0 Å². The highest BCUT2D eigenvalue weighted by Crippen LogP contribution is 2.33. The maximum absolute atomic E-state index is 14.9. The maximum Gasteiger partial charge on any atom is 0.263 e. The molecule has 4 heterocycles. The Balaban J connectivity index is 1.67.